The van der Waals surface area contributed by atoms with E-state index < -0.39 is 37.3 Å². The molecule has 176 valence electrons. The molecule has 5 rings (SSSR count). The molecule has 33 heavy (non-hydrogen) atoms. The second-order valence-electron chi connectivity index (χ2n) is 7.88. The molecule has 4 N–H and O–H groups in total. The van der Waals surface area contributed by atoms with Crippen LogP contribution in [0, 0.1) is 0 Å². The van der Waals surface area contributed by atoms with E-state index in [-0.39, 0.29) is 13.4 Å². The van der Waals surface area contributed by atoms with E-state index in [1.807, 2.05) is 12.1 Å². The fraction of sp³-hybridized carbons (Fsp3) is 0.391. The minimum atomic E-state index is -1.52. The molecular weight excluding hydrogens is 436 g/mol. The predicted octanol–water partition coefficient (Wildman–Crippen LogP) is 0.536. The molecule has 10 nitrogen and oxygen atoms in total. The van der Waals surface area contributed by atoms with Gasteiger partial charge < -0.3 is 48.8 Å². The Kier molecular flexibility index (Phi) is 5.77. The van der Waals surface area contributed by atoms with Gasteiger partial charge in [0.2, 0.25) is 13.1 Å². The van der Waals surface area contributed by atoms with Crippen molar-refractivity contribution in [2.75, 3.05) is 27.1 Å². The first-order valence-electron chi connectivity index (χ1n) is 10.4. The summed E-state index contributed by atoms with van der Waals surface area (Å²) in [4.78, 5) is 0. The molecular formula is C23H24O10. The first-order chi connectivity index (χ1) is 16.0. The van der Waals surface area contributed by atoms with Gasteiger partial charge in [0.25, 0.3) is 0 Å². The summed E-state index contributed by atoms with van der Waals surface area (Å²) in [5.74, 6) is 2.79. The number of benzene rings is 2. The van der Waals surface area contributed by atoms with Gasteiger partial charge in [-0.1, -0.05) is 0 Å². The quantitative estimate of drug-likeness (QED) is 0.500. The van der Waals surface area contributed by atoms with E-state index in [1.54, 1.807) is 31.4 Å². The number of hydrogen-bond donors (Lipinski definition) is 4. The fourth-order valence-electron chi connectivity index (χ4n) is 4.01. The second-order valence-corrected chi connectivity index (χ2v) is 7.88. The van der Waals surface area contributed by atoms with Crippen molar-refractivity contribution >= 4 is 11.6 Å². The molecule has 1 fully saturated rings. The van der Waals surface area contributed by atoms with Gasteiger partial charge in [-0.15, -0.1) is 0 Å². The first-order valence-corrected chi connectivity index (χ1v) is 10.4. The normalized spacial score (nSPS) is 27.9. The third kappa shape index (κ3) is 3.96. The Bertz CT molecular complexity index is 1070. The number of methoxy groups -OCH3 is 1. The standard InChI is InChI=1S/C23H24O10/c1-28-16-7-18-17(30-10-31-18)6-14(16)12-4-11-2-3-13(5-15(11)29-9-12)32-23-22(27)21(26)20(25)19(8-24)33-23/h2-7,19-27H,8-10H2,1H3/t19-,20+,21-,22+,23+/m0/s1. The van der Waals surface area contributed by atoms with Crippen LogP contribution in [-0.2, 0) is 4.74 Å². The fourth-order valence-corrected chi connectivity index (χ4v) is 4.01. The summed E-state index contributed by atoms with van der Waals surface area (Å²) in [5, 5.41) is 39.4. The van der Waals surface area contributed by atoms with Crippen molar-refractivity contribution in [3.05, 3.63) is 41.5 Å². The molecule has 3 heterocycles. The lowest BCUT2D eigenvalue weighted by Gasteiger charge is -2.39. The molecule has 0 radical (unpaired) electrons. The topological polar surface area (TPSA) is 136 Å². The molecule has 1 saturated heterocycles. The van der Waals surface area contributed by atoms with Crippen LogP contribution in [0.4, 0.5) is 0 Å². The Balaban J connectivity index is 1.37. The number of ether oxygens (including phenoxy) is 6. The largest absolute Gasteiger partial charge is 0.496 e. The van der Waals surface area contributed by atoms with E-state index in [0.717, 1.165) is 16.7 Å². The molecule has 0 spiro atoms. The summed E-state index contributed by atoms with van der Waals surface area (Å²) < 4.78 is 33.4. The smallest absolute Gasteiger partial charge is 0.231 e. The lowest BCUT2D eigenvalue weighted by atomic mass is 9.99. The summed E-state index contributed by atoms with van der Waals surface area (Å²) in [6, 6.07) is 8.73. The van der Waals surface area contributed by atoms with Crippen molar-refractivity contribution in [1.29, 1.82) is 0 Å². The average molecular weight is 460 g/mol. The van der Waals surface area contributed by atoms with E-state index in [0.29, 0.717) is 28.7 Å². The van der Waals surface area contributed by atoms with Gasteiger partial charge in [0.1, 0.15) is 48.3 Å². The average Bonchev–Trinajstić information content (AvgIpc) is 3.30. The molecule has 2 aromatic carbocycles. The van der Waals surface area contributed by atoms with Crippen LogP contribution in [0.25, 0.3) is 11.6 Å². The zero-order chi connectivity index (χ0) is 23.1. The van der Waals surface area contributed by atoms with Gasteiger partial charge in [-0.05, 0) is 24.3 Å². The van der Waals surface area contributed by atoms with Gasteiger partial charge in [0.15, 0.2) is 11.5 Å². The van der Waals surface area contributed by atoms with E-state index in [2.05, 4.69) is 0 Å². The van der Waals surface area contributed by atoms with Crippen LogP contribution in [0.2, 0.25) is 0 Å². The third-order valence-corrected chi connectivity index (χ3v) is 5.84. The van der Waals surface area contributed by atoms with Crippen molar-refractivity contribution in [1.82, 2.24) is 0 Å². The highest BCUT2D eigenvalue weighted by Gasteiger charge is 2.44. The van der Waals surface area contributed by atoms with Crippen molar-refractivity contribution < 1.29 is 48.8 Å². The third-order valence-electron chi connectivity index (χ3n) is 5.84. The highest BCUT2D eigenvalue weighted by atomic mass is 16.7. The number of rotatable bonds is 5. The zero-order valence-corrected chi connectivity index (χ0v) is 17.7. The summed E-state index contributed by atoms with van der Waals surface area (Å²) in [6.45, 7) is -0.0982. The second kappa shape index (κ2) is 8.73. The van der Waals surface area contributed by atoms with Crippen LogP contribution >= 0.6 is 0 Å². The monoisotopic (exact) mass is 460 g/mol. The maximum atomic E-state index is 10.2. The number of aliphatic hydroxyl groups excluding tert-OH is 4. The van der Waals surface area contributed by atoms with E-state index >= 15 is 0 Å². The molecule has 0 aromatic heterocycles. The molecule has 0 unspecified atom stereocenters. The van der Waals surface area contributed by atoms with Gasteiger partial charge in [-0.2, -0.15) is 0 Å². The van der Waals surface area contributed by atoms with Gasteiger partial charge in [-0.3, -0.25) is 0 Å². The van der Waals surface area contributed by atoms with Crippen molar-refractivity contribution in [3.63, 3.8) is 0 Å². The van der Waals surface area contributed by atoms with Crippen molar-refractivity contribution in [2.24, 2.45) is 0 Å². The van der Waals surface area contributed by atoms with Gasteiger partial charge in [-0.25, -0.2) is 0 Å². The predicted molar refractivity (Wildman–Crippen MR) is 113 cm³/mol. The molecule has 3 aliphatic rings. The van der Waals surface area contributed by atoms with Crippen LogP contribution in [0.3, 0.4) is 0 Å². The lowest BCUT2D eigenvalue weighted by molar-refractivity contribution is -0.277. The van der Waals surface area contributed by atoms with E-state index in [4.69, 9.17) is 28.4 Å². The van der Waals surface area contributed by atoms with Gasteiger partial charge in [0.05, 0.1) is 13.7 Å². The number of aliphatic hydroxyl groups is 4. The Labute approximate surface area is 189 Å². The molecule has 2 aromatic rings. The maximum Gasteiger partial charge on any atom is 0.231 e. The summed E-state index contributed by atoms with van der Waals surface area (Å²) in [6.07, 6.45) is -4.82. The summed E-state index contributed by atoms with van der Waals surface area (Å²) in [7, 11) is 1.59. The molecule has 0 amide bonds. The van der Waals surface area contributed by atoms with E-state index in [1.165, 1.54) is 0 Å². The highest BCUT2D eigenvalue weighted by Crippen LogP contribution is 2.43. The van der Waals surface area contributed by atoms with E-state index in [9.17, 15) is 20.4 Å². The molecule has 5 atom stereocenters. The number of hydrogen-bond acceptors (Lipinski definition) is 10. The highest BCUT2D eigenvalue weighted by molar-refractivity contribution is 5.88. The van der Waals surface area contributed by atoms with Crippen LogP contribution in [0.5, 0.6) is 28.7 Å². The van der Waals surface area contributed by atoms with Crippen LogP contribution in [0.1, 0.15) is 11.1 Å². The minimum Gasteiger partial charge on any atom is -0.496 e. The molecule has 0 aliphatic carbocycles. The Hall–Kier alpha value is -3.02. The first kappa shape index (κ1) is 21.8. The minimum absolute atomic E-state index is 0.164. The molecule has 10 heteroatoms. The van der Waals surface area contributed by atoms with Crippen molar-refractivity contribution in [2.45, 2.75) is 30.7 Å². The van der Waals surface area contributed by atoms with Gasteiger partial charge in [0, 0.05) is 28.8 Å². The Morgan fingerprint density at radius 3 is 2.48 bits per heavy atom. The lowest BCUT2D eigenvalue weighted by Crippen LogP contribution is -2.60. The van der Waals surface area contributed by atoms with Gasteiger partial charge >= 0.3 is 0 Å². The Morgan fingerprint density at radius 2 is 1.73 bits per heavy atom. The Morgan fingerprint density at radius 1 is 0.939 bits per heavy atom. The molecule has 0 bridgehead atoms. The van der Waals surface area contributed by atoms with Crippen LogP contribution < -0.4 is 23.7 Å². The SMILES string of the molecule is COc1cc2c(cc1C1=Cc3ccc(O[C@@H]4O[C@@H](CO)[C@@H](O)[C@H](O)[C@H]4O)cc3OC1)OCO2. The van der Waals surface area contributed by atoms with Crippen molar-refractivity contribution in [3.8, 4) is 28.7 Å². The van der Waals surface area contributed by atoms with Crippen LogP contribution in [0.15, 0.2) is 30.3 Å². The molecule has 3 aliphatic heterocycles. The maximum absolute atomic E-state index is 10.2. The summed E-state index contributed by atoms with van der Waals surface area (Å²) in [5.41, 5.74) is 2.52. The molecule has 0 saturated carbocycles. The van der Waals surface area contributed by atoms with Crippen LogP contribution in [-0.4, -0.2) is 78.2 Å². The number of fused-ring (bicyclic) bond motifs is 2. The zero-order valence-electron chi connectivity index (χ0n) is 17.7. The summed E-state index contributed by atoms with van der Waals surface area (Å²) >= 11 is 0.